The van der Waals surface area contributed by atoms with Gasteiger partial charge >= 0.3 is 0 Å². The molecule has 5 rings (SSSR count). The fourth-order valence-corrected chi connectivity index (χ4v) is 6.10. The van der Waals surface area contributed by atoms with E-state index in [-0.39, 0.29) is 18.1 Å². The highest BCUT2D eigenvalue weighted by atomic mass is 35.5. The summed E-state index contributed by atoms with van der Waals surface area (Å²) >= 11 is 13.4. The van der Waals surface area contributed by atoms with Gasteiger partial charge in [-0.2, -0.15) is 0 Å². The monoisotopic (exact) mass is 467 g/mol. The molecule has 0 amide bonds. The lowest BCUT2D eigenvalue weighted by Crippen LogP contribution is -2.51. The molecular formula is C26H27Cl2N3O. The van der Waals surface area contributed by atoms with Gasteiger partial charge < -0.3 is 10.8 Å². The summed E-state index contributed by atoms with van der Waals surface area (Å²) in [6.07, 6.45) is 3.29. The molecule has 2 atom stereocenters. The number of pyridine rings is 1. The van der Waals surface area contributed by atoms with Gasteiger partial charge in [-0.1, -0.05) is 65.7 Å². The molecule has 0 spiro atoms. The molecule has 32 heavy (non-hydrogen) atoms. The minimum Gasteiger partial charge on any atom is -0.383 e. The first-order valence-electron chi connectivity index (χ1n) is 11.2. The van der Waals surface area contributed by atoms with Gasteiger partial charge in [0.25, 0.3) is 0 Å². The minimum atomic E-state index is -0.959. The highest BCUT2D eigenvalue weighted by Crippen LogP contribution is 2.51. The Balaban J connectivity index is 1.55. The van der Waals surface area contributed by atoms with E-state index in [9.17, 15) is 5.11 Å². The van der Waals surface area contributed by atoms with Crippen molar-refractivity contribution in [2.24, 2.45) is 5.73 Å². The molecule has 6 heteroatoms. The maximum Gasteiger partial charge on any atom is 0.109 e. The van der Waals surface area contributed by atoms with Gasteiger partial charge in [-0.15, -0.1) is 0 Å². The lowest BCUT2D eigenvalue weighted by molar-refractivity contribution is -0.0685. The van der Waals surface area contributed by atoms with Gasteiger partial charge in [0.2, 0.25) is 0 Å². The Morgan fingerprint density at radius 2 is 1.47 bits per heavy atom. The van der Waals surface area contributed by atoms with Crippen LogP contribution in [0.2, 0.25) is 10.0 Å². The third-order valence-electron chi connectivity index (χ3n) is 7.01. The Morgan fingerprint density at radius 1 is 0.906 bits per heavy atom. The van der Waals surface area contributed by atoms with Crippen LogP contribution in [0.3, 0.4) is 0 Å². The predicted octanol–water partition coefficient (Wildman–Crippen LogP) is 5.45. The molecule has 2 aliphatic rings. The third-order valence-corrected chi connectivity index (χ3v) is 7.70. The summed E-state index contributed by atoms with van der Waals surface area (Å²) in [6.45, 7) is 0.365. The van der Waals surface area contributed by atoms with Crippen molar-refractivity contribution in [3.63, 3.8) is 0 Å². The molecule has 2 fully saturated rings. The number of piperidine rings is 1. The van der Waals surface area contributed by atoms with Crippen molar-refractivity contribution in [2.45, 2.75) is 56.0 Å². The second-order valence-corrected chi connectivity index (χ2v) is 9.75. The first-order valence-corrected chi connectivity index (χ1v) is 11.9. The van der Waals surface area contributed by atoms with Crippen molar-refractivity contribution >= 4 is 23.2 Å². The normalized spacial score (nSPS) is 25.4. The van der Waals surface area contributed by atoms with Crippen LogP contribution in [0.4, 0.5) is 0 Å². The first-order chi connectivity index (χ1) is 15.5. The maximum absolute atomic E-state index is 11.7. The fraction of sp³-hybridized carbons (Fsp3) is 0.346. The average Bonchev–Trinajstić information content (AvgIpc) is 3.07. The van der Waals surface area contributed by atoms with E-state index in [0.717, 1.165) is 45.4 Å². The Kier molecular flexibility index (Phi) is 5.99. The Hall–Kier alpha value is -1.95. The van der Waals surface area contributed by atoms with Crippen LogP contribution >= 0.6 is 23.2 Å². The molecule has 0 aliphatic carbocycles. The van der Waals surface area contributed by atoms with E-state index in [1.807, 2.05) is 54.6 Å². The van der Waals surface area contributed by atoms with Gasteiger partial charge in [-0.05, 0) is 61.1 Å². The number of hydrogen-bond donors (Lipinski definition) is 2. The Morgan fingerprint density at radius 3 is 2.00 bits per heavy atom. The van der Waals surface area contributed by atoms with Crippen molar-refractivity contribution in [1.82, 2.24) is 9.88 Å². The Labute approximate surface area is 199 Å². The topological polar surface area (TPSA) is 62.4 Å². The molecule has 1 aromatic heterocycles. The molecule has 2 aromatic carbocycles. The summed E-state index contributed by atoms with van der Waals surface area (Å²) in [5.74, 6) is 0. The predicted molar refractivity (Wildman–Crippen MR) is 129 cm³/mol. The number of aromatic nitrogens is 1. The van der Waals surface area contributed by atoms with Crippen molar-refractivity contribution in [1.29, 1.82) is 0 Å². The number of hydrogen-bond acceptors (Lipinski definition) is 4. The van der Waals surface area contributed by atoms with Gasteiger partial charge in [-0.25, -0.2) is 0 Å². The lowest BCUT2D eigenvalue weighted by atomic mass is 9.81. The summed E-state index contributed by atoms with van der Waals surface area (Å²) in [4.78, 5) is 7.19. The molecule has 2 unspecified atom stereocenters. The van der Waals surface area contributed by atoms with E-state index in [0.29, 0.717) is 19.4 Å². The lowest BCUT2D eigenvalue weighted by Gasteiger charge is -2.47. The standard InChI is InChI=1S/C26H27Cl2N3O/c27-22-9-3-1-7-20(22)25(21-8-2-4-10-23(21)28)31-18-12-13-19(31)15-26(32,14-18)24-11-5-6-17(16-29)30-24/h1-11,18-19,25,32H,12-16,29H2. The van der Waals surface area contributed by atoms with Crippen molar-refractivity contribution in [3.05, 3.63) is 99.3 Å². The number of halogens is 2. The minimum absolute atomic E-state index is 0.0669. The zero-order valence-electron chi connectivity index (χ0n) is 17.8. The largest absolute Gasteiger partial charge is 0.383 e. The third kappa shape index (κ3) is 3.85. The molecule has 0 radical (unpaired) electrons. The first kappa shape index (κ1) is 21.9. The van der Waals surface area contributed by atoms with Crippen LogP contribution in [0.25, 0.3) is 0 Å². The summed E-state index contributed by atoms with van der Waals surface area (Å²) < 4.78 is 0. The van der Waals surface area contributed by atoms with E-state index in [2.05, 4.69) is 22.0 Å². The van der Waals surface area contributed by atoms with Crippen molar-refractivity contribution < 1.29 is 5.11 Å². The average molecular weight is 468 g/mol. The molecule has 2 bridgehead atoms. The number of nitrogens with zero attached hydrogens (tertiary/aromatic N) is 2. The van der Waals surface area contributed by atoms with Crippen LogP contribution in [0.15, 0.2) is 66.7 Å². The van der Waals surface area contributed by atoms with Crippen LogP contribution in [-0.2, 0) is 12.1 Å². The second-order valence-electron chi connectivity index (χ2n) is 8.94. The van der Waals surface area contributed by atoms with E-state index >= 15 is 0 Å². The van der Waals surface area contributed by atoms with Crippen LogP contribution in [-0.4, -0.2) is 27.1 Å². The molecular weight excluding hydrogens is 441 g/mol. The summed E-state index contributed by atoms with van der Waals surface area (Å²) in [5, 5.41) is 13.2. The highest BCUT2D eigenvalue weighted by Gasteiger charge is 2.51. The summed E-state index contributed by atoms with van der Waals surface area (Å²) in [6, 6.07) is 22.1. The smallest absolute Gasteiger partial charge is 0.109 e. The van der Waals surface area contributed by atoms with Crippen molar-refractivity contribution in [3.8, 4) is 0 Å². The number of benzene rings is 2. The summed E-state index contributed by atoms with van der Waals surface area (Å²) in [7, 11) is 0. The molecule has 0 saturated carbocycles. The number of rotatable bonds is 5. The van der Waals surface area contributed by atoms with Crippen LogP contribution in [0.1, 0.15) is 54.2 Å². The van der Waals surface area contributed by atoms with Crippen molar-refractivity contribution in [2.75, 3.05) is 0 Å². The molecule has 2 saturated heterocycles. The fourth-order valence-electron chi connectivity index (χ4n) is 5.62. The molecule has 3 N–H and O–H groups in total. The molecule has 166 valence electrons. The Bertz CT molecular complexity index is 1060. The number of aliphatic hydroxyl groups is 1. The quantitative estimate of drug-likeness (QED) is 0.523. The van der Waals surface area contributed by atoms with Gasteiger partial charge in [0.15, 0.2) is 0 Å². The highest BCUT2D eigenvalue weighted by molar-refractivity contribution is 6.32. The van der Waals surface area contributed by atoms with Gasteiger partial charge in [0.1, 0.15) is 5.60 Å². The van der Waals surface area contributed by atoms with Gasteiger partial charge in [0, 0.05) is 28.7 Å². The zero-order chi connectivity index (χ0) is 22.3. The molecule has 4 nitrogen and oxygen atoms in total. The van der Waals surface area contributed by atoms with E-state index in [4.69, 9.17) is 28.9 Å². The molecule has 3 aromatic rings. The van der Waals surface area contributed by atoms with E-state index in [1.165, 1.54) is 0 Å². The van der Waals surface area contributed by atoms with E-state index in [1.54, 1.807) is 0 Å². The number of fused-ring (bicyclic) bond motifs is 2. The second kappa shape index (κ2) is 8.77. The van der Waals surface area contributed by atoms with Crippen LogP contribution in [0, 0.1) is 0 Å². The SMILES string of the molecule is NCc1cccc(C2(O)CC3CCC(C2)N3C(c2ccccc2Cl)c2ccccc2Cl)n1. The van der Waals surface area contributed by atoms with Crippen LogP contribution in [0.5, 0.6) is 0 Å². The summed E-state index contributed by atoms with van der Waals surface area (Å²) in [5.41, 5.74) is 8.47. The van der Waals surface area contributed by atoms with Gasteiger partial charge in [0.05, 0.1) is 17.4 Å². The molecule has 3 heterocycles. The molecule has 2 aliphatic heterocycles. The van der Waals surface area contributed by atoms with Gasteiger partial charge in [-0.3, -0.25) is 9.88 Å². The van der Waals surface area contributed by atoms with Crippen LogP contribution < -0.4 is 5.73 Å². The number of nitrogens with two attached hydrogens (primary N) is 1. The maximum atomic E-state index is 11.7. The zero-order valence-corrected chi connectivity index (χ0v) is 19.3. The van der Waals surface area contributed by atoms with E-state index < -0.39 is 5.60 Å².